The number of amides is 1. The molecule has 0 saturated carbocycles. The molecule has 1 unspecified atom stereocenters. The van der Waals surface area contributed by atoms with Crippen molar-refractivity contribution >= 4 is 17.6 Å². The van der Waals surface area contributed by atoms with E-state index >= 15 is 0 Å². The molecular weight excluding hydrogens is 232 g/mol. The Labute approximate surface area is 107 Å². The van der Waals surface area contributed by atoms with Crippen LogP contribution in [0.2, 0.25) is 0 Å². The molecule has 1 atom stereocenters. The van der Waals surface area contributed by atoms with E-state index in [4.69, 9.17) is 0 Å². The van der Waals surface area contributed by atoms with Gasteiger partial charge in [-0.1, -0.05) is 18.2 Å². The molecule has 1 amide bonds. The predicted octanol–water partition coefficient (Wildman–Crippen LogP) is 1.08. The maximum absolute atomic E-state index is 11.5. The molecule has 1 rings (SSSR count). The molecule has 0 heterocycles. The van der Waals surface area contributed by atoms with Crippen molar-refractivity contribution < 1.29 is 14.3 Å². The Balaban J connectivity index is 2.64. The monoisotopic (exact) mass is 250 g/mol. The third-order valence-corrected chi connectivity index (χ3v) is 2.50. The van der Waals surface area contributed by atoms with Crippen molar-refractivity contribution in [3.8, 4) is 0 Å². The summed E-state index contributed by atoms with van der Waals surface area (Å²) in [5, 5.41) is 5.66. The fourth-order valence-electron chi connectivity index (χ4n) is 1.56. The minimum atomic E-state index is -0.688. The van der Waals surface area contributed by atoms with Gasteiger partial charge in [0.2, 0.25) is 5.91 Å². The number of hydrogen-bond donors (Lipinski definition) is 2. The van der Waals surface area contributed by atoms with Crippen LogP contribution in [-0.4, -0.2) is 31.6 Å². The predicted molar refractivity (Wildman–Crippen MR) is 69.3 cm³/mol. The number of hydrogen-bond acceptors (Lipinski definition) is 4. The molecule has 5 heteroatoms. The Hall–Kier alpha value is -2.04. The van der Waals surface area contributed by atoms with Crippen LogP contribution in [0.25, 0.3) is 0 Å². The van der Waals surface area contributed by atoms with Gasteiger partial charge in [-0.15, -0.1) is 0 Å². The van der Waals surface area contributed by atoms with Gasteiger partial charge in [0.1, 0.15) is 6.04 Å². The maximum atomic E-state index is 11.5. The Bertz CT molecular complexity index is 432. The number of ether oxygens (including phenoxy) is 1. The van der Waals surface area contributed by atoms with Crippen LogP contribution in [0.5, 0.6) is 0 Å². The first-order valence-electron chi connectivity index (χ1n) is 5.69. The molecule has 0 aliphatic carbocycles. The highest BCUT2D eigenvalue weighted by molar-refractivity contribution is 5.83. The Kier molecular flexibility index (Phi) is 5.17. The second kappa shape index (κ2) is 6.64. The standard InChI is InChI=1S/C13H18N2O3/c1-9-6-4-5-7-11(9)14-8-12(13(17)18-3)15-10(2)16/h4-7,12,14H,8H2,1-3H3,(H,15,16). The number of carbonyl (C=O) groups excluding carboxylic acids is 2. The summed E-state index contributed by atoms with van der Waals surface area (Å²) < 4.78 is 4.64. The van der Waals surface area contributed by atoms with Crippen LogP contribution < -0.4 is 10.6 Å². The molecule has 2 N–H and O–H groups in total. The number of esters is 1. The van der Waals surface area contributed by atoms with Crippen LogP contribution >= 0.6 is 0 Å². The lowest BCUT2D eigenvalue weighted by Gasteiger charge is -2.17. The van der Waals surface area contributed by atoms with Crippen molar-refractivity contribution in [1.29, 1.82) is 0 Å². The molecule has 0 bridgehead atoms. The number of rotatable bonds is 5. The van der Waals surface area contributed by atoms with Crippen LogP contribution in [0.1, 0.15) is 12.5 Å². The van der Waals surface area contributed by atoms with Gasteiger partial charge in [0.05, 0.1) is 7.11 Å². The number of methoxy groups -OCH3 is 1. The summed E-state index contributed by atoms with van der Waals surface area (Å²) in [6, 6.07) is 7.03. The van der Waals surface area contributed by atoms with E-state index in [-0.39, 0.29) is 12.5 Å². The summed E-state index contributed by atoms with van der Waals surface area (Å²) in [4.78, 5) is 22.5. The first kappa shape index (κ1) is 14.0. The van der Waals surface area contributed by atoms with Crippen molar-refractivity contribution in [2.75, 3.05) is 19.0 Å². The highest BCUT2D eigenvalue weighted by atomic mass is 16.5. The molecule has 5 nitrogen and oxygen atoms in total. The van der Waals surface area contributed by atoms with E-state index in [1.54, 1.807) is 0 Å². The average Bonchev–Trinajstić information content (AvgIpc) is 2.34. The summed E-state index contributed by atoms with van der Waals surface area (Å²) >= 11 is 0. The van der Waals surface area contributed by atoms with Crippen molar-refractivity contribution in [2.24, 2.45) is 0 Å². The number of anilines is 1. The Morgan fingerprint density at radius 1 is 1.33 bits per heavy atom. The minimum Gasteiger partial charge on any atom is -0.467 e. The minimum absolute atomic E-state index is 0.267. The molecular formula is C13H18N2O3. The smallest absolute Gasteiger partial charge is 0.330 e. The zero-order valence-electron chi connectivity index (χ0n) is 10.8. The van der Waals surface area contributed by atoms with Crippen molar-refractivity contribution in [3.05, 3.63) is 29.8 Å². The quantitative estimate of drug-likeness (QED) is 0.767. The number of nitrogens with one attached hydrogen (secondary N) is 2. The van der Waals surface area contributed by atoms with Crippen LogP contribution in [0.15, 0.2) is 24.3 Å². The van der Waals surface area contributed by atoms with Crippen LogP contribution in [-0.2, 0) is 14.3 Å². The van der Waals surface area contributed by atoms with Gasteiger partial charge in [-0.3, -0.25) is 4.79 Å². The molecule has 0 aromatic heterocycles. The van der Waals surface area contributed by atoms with E-state index in [1.807, 2.05) is 31.2 Å². The summed E-state index contributed by atoms with van der Waals surface area (Å²) in [7, 11) is 1.30. The van der Waals surface area contributed by atoms with Crippen molar-refractivity contribution in [3.63, 3.8) is 0 Å². The zero-order chi connectivity index (χ0) is 13.5. The lowest BCUT2D eigenvalue weighted by atomic mass is 10.2. The van der Waals surface area contributed by atoms with Gasteiger partial charge in [0.25, 0.3) is 0 Å². The number of benzene rings is 1. The summed E-state index contributed by atoms with van der Waals surface area (Å²) in [5.74, 6) is -0.733. The normalized spacial score (nSPS) is 11.5. The van der Waals surface area contributed by atoms with Gasteiger partial charge in [0.15, 0.2) is 0 Å². The lowest BCUT2D eigenvalue weighted by Crippen LogP contribution is -2.45. The maximum Gasteiger partial charge on any atom is 0.330 e. The second-order valence-electron chi connectivity index (χ2n) is 3.97. The summed E-state index contributed by atoms with van der Waals surface area (Å²) in [6.45, 7) is 3.62. The molecule has 0 radical (unpaired) electrons. The van der Waals surface area contributed by atoms with E-state index < -0.39 is 12.0 Å². The van der Waals surface area contributed by atoms with Crippen LogP contribution in [0.4, 0.5) is 5.69 Å². The van der Waals surface area contributed by atoms with E-state index in [0.29, 0.717) is 0 Å². The van der Waals surface area contributed by atoms with Gasteiger partial charge in [-0.05, 0) is 18.6 Å². The summed E-state index contributed by atoms with van der Waals surface area (Å²) in [5.41, 5.74) is 2.00. The van der Waals surface area contributed by atoms with Crippen molar-refractivity contribution in [2.45, 2.75) is 19.9 Å². The molecule has 0 aliphatic heterocycles. The first-order chi connectivity index (χ1) is 8.54. The van der Waals surface area contributed by atoms with Gasteiger partial charge in [-0.25, -0.2) is 4.79 Å². The third-order valence-electron chi connectivity index (χ3n) is 2.50. The van der Waals surface area contributed by atoms with Gasteiger partial charge >= 0.3 is 5.97 Å². The molecule has 1 aromatic rings. The number of aryl methyl sites for hydroxylation is 1. The second-order valence-corrected chi connectivity index (χ2v) is 3.97. The molecule has 1 aromatic carbocycles. The van der Waals surface area contributed by atoms with Crippen molar-refractivity contribution in [1.82, 2.24) is 5.32 Å². The SMILES string of the molecule is COC(=O)C(CNc1ccccc1C)NC(C)=O. The highest BCUT2D eigenvalue weighted by Gasteiger charge is 2.19. The van der Waals surface area contributed by atoms with Crippen LogP contribution in [0, 0.1) is 6.92 Å². The lowest BCUT2D eigenvalue weighted by molar-refractivity contribution is -0.144. The van der Waals surface area contributed by atoms with E-state index in [9.17, 15) is 9.59 Å². The molecule has 98 valence electrons. The Morgan fingerprint density at radius 2 is 2.00 bits per heavy atom. The summed E-state index contributed by atoms with van der Waals surface area (Å²) in [6.07, 6.45) is 0. The van der Waals surface area contributed by atoms with Gasteiger partial charge in [0, 0.05) is 19.2 Å². The number of carbonyl (C=O) groups is 2. The molecule has 0 spiro atoms. The fourth-order valence-corrected chi connectivity index (χ4v) is 1.56. The first-order valence-corrected chi connectivity index (χ1v) is 5.69. The van der Waals surface area contributed by atoms with E-state index in [2.05, 4.69) is 15.4 Å². The number of para-hydroxylation sites is 1. The topological polar surface area (TPSA) is 67.4 Å². The highest BCUT2D eigenvalue weighted by Crippen LogP contribution is 2.12. The molecule has 0 fully saturated rings. The third kappa shape index (κ3) is 4.08. The van der Waals surface area contributed by atoms with Crippen LogP contribution in [0.3, 0.4) is 0 Å². The Morgan fingerprint density at radius 3 is 2.56 bits per heavy atom. The van der Waals surface area contributed by atoms with Gasteiger partial charge < -0.3 is 15.4 Å². The molecule has 18 heavy (non-hydrogen) atoms. The average molecular weight is 250 g/mol. The largest absolute Gasteiger partial charge is 0.467 e. The zero-order valence-corrected chi connectivity index (χ0v) is 10.8. The molecule has 0 saturated heterocycles. The fraction of sp³-hybridized carbons (Fsp3) is 0.385. The van der Waals surface area contributed by atoms with E-state index in [0.717, 1.165) is 11.3 Å². The van der Waals surface area contributed by atoms with Gasteiger partial charge in [-0.2, -0.15) is 0 Å². The molecule has 0 aliphatic rings. The van der Waals surface area contributed by atoms with E-state index in [1.165, 1.54) is 14.0 Å².